The van der Waals surface area contributed by atoms with E-state index in [-0.39, 0.29) is 12.1 Å². The summed E-state index contributed by atoms with van der Waals surface area (Å²) in [5.74, 6) is 0.236. The fourth-order valence-corrected chi connectivity index (χ4v) is 4.73. The Hall–Kier alpha value is -2.40. The summed E-state index contributed by atoms with van der Waals surface area (Å²) in [6.07, 6.45) is 12.5. The molecule has 2 N–H and O–H groups in total. The maximum atomic E-state index is 13.2. The quantitative estimate of drug-likeness (QED) is 0.202. The summed E-state index contributed by atoms with van der Waals surface area (Å²) in [6, 6.07) is 7.43. The number of esters is 1. The molecule has 1 aromatic carbocycles. The highest BCUT2D eigenvalue weighted by Gasteiger charge is 2.29. The zero-order valence-electron chi connectivity index (χ0n) is 18.0. The van der Waals surface area contributed by atoms with Crippen LogP contribution in [0.2, 0.25) is 0 Å². The van der Waals surface area contributed by atoms with Gasteiger partial charge in [0, 0.05) is 30.6 Å². The Kier molecular flexibility index (Phi) is 8.89. The molecule has 1 aromatic heterocycles. The number of fused-ring (bicyclic) bond motifs is 1. The normalized spacial score (nSPS) is 17.1. The molecule has 1 aliphatic rings. The van der Waals surface area contributed by atoms with Gasteiger partial charge in [0.15, 0.2) is 0 Å². The first-order chi connectivity index (χ1) is 15.1. The van der Waals surface area contributed by atoms with E-state index in [2.05, 4.69) is 23.2 Å². The molecule has 0 aliphatic heterocycles. The zero-order valence-corrected chi connectivity index (χ0v) is 18.9. The minimum atomic E-state index is -1.58. The van der Waals surface area contributed by atoms with Crippen LogP contribution in [0.15, 0.2) is 67.6 Å². The first kappa shape index (κ1) is 23.3. The van der Waals surface area contributed by atoms with Crippen LogP contribution in [0.1, 0.15) is 37.7 Å². The number of aromatic nitrogens is 1. The van der Waals surface area contributed by atoms with Crippen LogP contribution >= 0.6 is 8.53 Å². The summed E-state index contributed by atoms with van der Waals surface area (Å²) >= 11 is 0. The lowest BCUT2D eigenvalue weighted by molar-refractivity contribution is -0.152. The van der Waals surface area contributed by atoms with Crippen molar-refractivity contribution in [1.29, 1.82) is 0 Å². The van der Waals surface area contributed by atoms with Crippen LogP contribution in [0.3, 0.4) is 0 Å². The molecule has 3 rings (SSSR count). The van der Waals surface area contributed by atoms with Gasteiger partial charge in [-0.15, -0.1) is 0 Å². The van der Waals surface area contributed by atoms with Crippen molar-refractivity contribution >= 4 is 25.4 Å². The lowest BCUT2D eigenvalue weighted by Crippen LogP contribution is -2.39. The number of carbonyl (C=O) groups excluding carboxylic acids is 1. The fraction of sp³-hybridized carbons (Fsp3) is 0.375. The van der Waals surface area contributed by atoms with E-state index >= 15 is 0 Å². The summed E-state index contributed by atoms with van der Waals surface area (Å²) in [5, 5.41) is 4.31. The van der Waals surface area contributed by atoms with Crippen LogP contribution in [0.4, 0.5) is 0 Å². The van der Waals surface area contributed by atoms with E-state index in [0.29, 0.717) is 12.2 Å². The molecule has 2 unspecified atom stereocenters. The average molecular weight is 442 g/mol. The molecule has 0 amide bonds. The zero-order chi connectivity index (χ0) is 22.1. The van der Waals surface area contributed by atoms with Crippen LogP contribution in [0.25, 0.3) is 10.9 Å². The van der Waals surface area contributed by atoms with Gasteiger partial charge in [0.1, 0.15) is 17.9 Å². The molecule has 166 valence electrons. The summed E-state index contributed by atoms with van der Waals surface area (Å²) in [7, 11) is -0.0393. The highest BCUT2D eigenvalue weighted by atomic mass is 31.2. The third kappa shape index (κ3) is 6.54. The van der Waals surface area contributed by atoms with Crippen molar-refractivity contribution in [2.45, 2.75) is 50.7 Å². The highest BCUT2D eigenvalue weighted by molar-refractivity contribution is 7.45. The maximum Gasteiger partial charge on any atom is 0.324 e. The van der Waals surface area contributed by atoms with Crippen LogP contribution in [-0.2, 0) is 25.0 Å². The van der Waals surface area contributed by atoms with Gasteiger partial charge in [-0.25, -0.2) is 5.09 Å². The number of carbonyl (C=O) groups is 1. The van der Waals surface area contributed by atoms with Crippen molar-refractivity contribution in [3.05, 3.63) is 73.2 Å². The molecular weight excluding hydrogens is 411 g/mol. The number of hydrogen-bond donors (Lipinski definition) is 2. The molecule has 2 aromatic rings. The summed E-state index contributed by atoms with van der Waals surface area (Å²) in [6.45, 7) is 7.42. The summed E-state index contributed by atoms with van der Waals surface area (Å²) in [5.41, 5.74) is 2.07. The first-order valence-corrected chi connectivity index (χ1v) is 11.8. The Morgan fingerprint density at radius 3 is 2.77 bits per heavy atom. The molecule has 2 atom stereocenters. The Morgan fingerprint density at radius 1 is 1.29 bits per heavy atom. The molecule has 31 heavy (non-hydrogen) atoms. The van der Waals surface area contributed by atoms with Crippen molar-refractivity contribution in [3.63, 3.8) is 0 Å². The van der Waals surface area contributed by atoms with Crippen LogP contribution < -0.4 is 5.09 Å². The van der Waals surface area contributed by atoms with E-state index in [9.17, 15) is 4.79 Å². The van der Waals surface area contributed by atoms with Gasteiger partial charge in [0.25, 0.3) is 0 Å². The molecule has 0 saturated heterocycles. The van der Waals surface area contributed by atoms with Crippen molar-refractivity contribution in [1.82, 2.24) is 10.1 Å². The minimum absolute atomic E-state index is 0.0207. The average Bonchev–Trinajstić information content (AvgIpc) is 3.21. The smallest absolute Gasteiger partial charge is 0.324 e. The van der Waals surface area contributed by atoms with E-state index in [1.165, 1.54) is 6.42 Å². The maximum absolute atomic E-state index is 13.2. The molecular formula is C24H31N2O4P. The lowest BCUT2D eigenvalue weighted by atomic mass is 9.97. The monoisotopic (exact) mass is 442 g/mol. The van der Waals surface area contributed by atoms with Gasteiger partial charge >= 0.3 is 14.5 Å². The Labute approximate surface area is 185 Å². The van der Waals surface area contributed by atoms with Crippen LogP contribution in [0.5, 0.6) is 0 Å². The summed E-state index contributed by atoms with van der Waals surface area (Å²) in [4.78, 5) is 16.4. The number of nitrogens with one attached hydrogen (secondary N) is 2. The SMILES string of the molecule is C=C/C=C(\C=C)OP(NC(Cc1c[nH]c2ccccc12)C(=O)OC1CCCCC1)OC. The molecule has 1 fully saturated rings. The van der Waals surface area contributed by atoms with E-state index < -0.39 is 14.6 Å². The molecule has 1 aliphatic carbocycles. The van der Waals surface area contributed by atoms with Crippen molar-refractivity contribution in [2.24, 2.45) is 0 Å². The standard InChI is InChI=1S/C24H31N2O4P/c1-4-11-19(5-2)30-31(28-3)26-23(24(27)29-20-12-7-6-8-13-20)16-18-17-25-22-15-10-9-14-21(18)22/h4-5,9-11,14-15,17,20,23,25-26H,1-2,6-8,12-13,16H2,3H3/b19-11+. The van der Waals surface area contributed by atoms with Gasteiger partial charge in [-0.3, -0.25) is 4.79 Å². The predicted molar refractivity (Wildman–Crippen MR) is 125 cm³/mol. The number of aromatic amines is 1. The van der Waals surface area contributed by atoms with Crippen LogP contribution in [0, 0.1) is 0 Å². The van der Waals surface area contributed by atoms with Crippen LogP contribution in [-0.4, -0.2) is 30.2 Å². The third-order valence-electron chi connectivity index (χ3n) is 5.32. The lowest BCUT2D eigenvalue weighted by Gasteiger charge is -2.27. The number of hydrogen-bond acceptors (Lipinski definition) is 5. The number of para-hydroxylation sites is 1. The van der Waals surface area contributed by atoms with Gasteiger partial charge < -0.3 is 18.8 Å². The number of benzene rings is 1. The highest BCUT2D eigenvalue weighted by Crippen LogP contribution is 2.37. The molecule has 0 radical (unpaired) electrons. The van der Waals surface area contributed by atoms with Crippen molar-refractivity contribution in [2.75, 3.05) is 7.11 Å². The largest absolute Gasteiger partial charge is 0.461 e. The minimum Gasteiger partial charge on any atom is -0.461 e. The van der Waals surface area contributed by atoms with E-state index in [1.807, 2.05) is 30.5 Å². The number of ether oxygens (including phenoxy) is 1. The fourth-order valence-electron chi connectivity index (χ4n) is 3.72. The Bertz CT molecular complexity index is 917. The van der Waals surface area contributed by atoms with Gasteiger partial charge in [-0.1, -0.05) is 43.9 Å². The molecule has 7 heteroatoms. The summed E-state index contributed by atoms with van der Waals surface area (Å²) < 4.78 is 17.2. The van der Waals surface area contributed by atoms with Crippen molar-refractivity contribution < 1.29 is 18.6 Å². The second-order valence-corrected chi connectivity index (χ2v) is 8.80. The first-order valence-electron chi connectivity index (χ1n) is 10.6. The molecule has 0 spiro atoms. The second-order valence-electron chi connectivity index (χ2n) is 7.48. The van der Waals surface area contributed by atoms with Gasteiger partial charge in [0.05, 0.1) is 0 Å². The molecule has 1 saturated carbocycles. The second kappa shape index (κ2) is 11.8. The predicted octanol–water partition coefficient (Wildman–Crippen LogP) is 5.69. The van der Waals surface area contributed by atoms with Gasteiger partial charge in [0.2, 0.25) is 0 Å². The number of H-pyrrole nitrogens is 1. The van der Waals surface area contributed by atoms with Crippen molar-refractivity contribution in [3.8, 4) is 0 Å². The number of allylic oxidation sites excluding steroid dienone is 3. The van der Waals surface area contributed by atoms with E-state index in [1.54, 1.807) is 25.3 Å². The molecule has 0 bridgehead atoms. The topological polar surface area (TPSA) is 72.6 Å². The Morgan fingerprint density at radius 2 is 2.06 bits per heavy atom. The van der Waals surface area contributed by atoms with E-state index in [4.69, 9.17) is 13.8 Å². The van der Waals surface area contributed by atoms with Gasteiger partial charge in [-0.2, -0.15) is 0 Å². The van der Waals surface area contributed by atoms with E-state index in [0.717, 1.165) is 42.1 Å². The third-order valence-corrected chi connectivity index (χ3v) is 6.55. The number of rotatable bonds is 11. The van der Waals surface area contributed by atoms with Gasteiger partial charge in [-0.05, 0) is 49.5 Å². The molecule has 6 nitrogen and oxygen atoms in total. The Balaban J connectivity index is 1.78. The molecule has 1 heterocycles.